The first-order valence-electron chi connectivity index (χ1n) is 7.74. The molecule has 0 unspecified atom stereocenters. The second-order valence-electron chi connectivity index (χ2n) is 5.36. The van der Waals surface area contributed by atoms with Gasteiger partial charge in [-0.25, -0.2) is 0 Å². The van der Waals surface area contributed by atoms with E-state index in [0.29, 0.717) is 12.1 Å². The number of rotatable bonds is 5. The number of hydrogen-bond acceptors (Lipinski definition) is 4. The molecule has 0 aliphatic rings. The van der Waals surface area contributed by atoms with Crippen molar-refractivity contribution in [3.05, 3.63) is 72.1 Å². The molecule has 3 aromatic rings. The zero-order chi connectivity index (χ0) is 17.6. The van der Waals surface area contributed by atoms with E-state index in [1.807, 2.05) is 30.3 Å². The van der Waals surface area contributed by atoms with E-state index in [9.17, 15) is 9.59 Å². The number of hydrogen-bond donors (Lipinski definition) is 2. The SMILES string of the molecule is CNC(=O)Cc1ccc(NC(=O)c2cnn(-c3ccccc3)n2)cc1. The van der Waals surface area contributed by atoms with Gasteiger partial charge in [-0.15, -0.1) is 5.10 Å². The molecular formula is C18H17N5O2. The number of aromatic nitrogens is 3. The Hall–Kier alpha value is -3.48. The third-order valence-corrected chi connectivity index (χ3v) is 3.57. The molecule has 7 heteroatoms. The van der Waals surface area contributed by atoms with Crippen LogP contribution in [-0.2, 0) is 11.2 Å². The number of carbonyl (C=O) groups excluding carboxylic acids is 2. The highest BCUT2D eigenvalue weighted by Crippen LogP contribution is 2.12. The van der Waals surface area contributed by atoms with E-state index < -0.39 is 0 Å². The first-order valence-corrected chi connectivity index (χ1v) is 7.74. The number of benzene rings is 2. The molecule has 0 bridgehead atoms. The molecule has 126 valence electrons. The summed E-state index contributed by atoms with van der Waals surface area (Å²) in [6, 6.07) is 16.4. The fourth-order valence-corrected chi connectivity index (χ4v) is 2.23. The van der Waals surface area contributed by atoms with Crippen molar-refractivity contribution in [2.75, 3.05) is 12.4 Å². The normalized spacial score (nSPS) is 10.3. The molecule has 0 spiro atoms. The maximum absolute atomic E-state index is 12.3. The molecule has 2 N–H and O–H groups in total. The van der Waals surface area contributed by atoms with Gasteiger partial charge < -0.3 is 10.6 Å². The summed E-state index contributed by atoms with van der Waals surface area (Å²) >= 11 is 0. The van der Waals surface area contributed by atoms with Crippen molar-refractivity contribution < 1.29 is 9.59 Å². The van der Waals surface area contributed by atoms with Crippen LogP contribution in [-0.4, -0.2) is 33.9 Å². The minimum absolute atomic E-state index is 0.0608. The first-order chi connectivity index (χ1) is 12.2. The number of para-hydroxylation sites is 1. The molecule has 2 aromatic carbocycles. The molecule has 1 aromatic heterocycles. The van der Waals surface area contributed by atoms with Gasteiger partial charge in [-0.3, -0.25) is 9.59 Å². The van der Waals surface area contributed by atoms with Crippen LogP contribution in [0, 0.1) is 0 Å². The molecular weight excluding hydrogens is 318 g/mol. The molecule has 0 atom stereocenters. The monoisotopic (exact) mass is 335 g/mol. The van der Waals surface area contributed by atoms with Crippen molar-refractivity contribution in [1.29, 1.82) is 0 Å². The Morgan fingerprint density at radius 1 is 1.04 bits per heavy atom. The van der Waals surface area contributed by atoms with Gasteiger partial charge in [-0.2, -0.15) is 9.90 Å². The Balaban J connectivity index is 1.66. The molecule has 0 aliphatic carbocycles. The van der Waals surface area contributed by atoms with Gasteiger partial charge in [0, 0.05) is 12.7 Å². The average Bonchev–Trinajstić information content (AvgIpc) is 3.14. The van der Waals surface area contributed by atoms with Crippen LogP contribution in [0.5, 0.6) is 0 Å². The van der Waals surface area contributed by atoms with Gasteiger partial charge in [-0.1, -0.05) is 30.3 Å². The zero-order valence-electron chi connectivity index (χ0n) is 13.6. The summed E-state index contributed by atoms with van der Waals surface area (Å²) in [6.45, 7) is 0. The Morgan fingerprint density at radius 2 is 1.76 bits per heavy atom. The molecule has 3 rings (SSSR count). The van der Waals surface area contributed by atoms with Crippen LogP contribution in [0.15, 0.2) is 60.8 Å². The van der Waals surface area contributed by atoms with Gasteiger partial charge in [0.15, 0.2) is 5.69 Å². The van der Waals surface area contributed by atoms with Crippen molar-refractivity contribution >= 4 is 17.5 Å². The van der Waals surface area contributed by atoms with E-state index in [2.05, 4.69) is 20.8 Å². The van der Waals surface area contributed by atoms with E-state index in [1.165, 1.54) is 11.0 Å². The minimum Gasteiger partial charge on any atom is -0.359 e. The van der Waals surface area contributed by atoms with Crippen molar-refractivity contribution in [3.63, 3.8) is 0 Å². The van der Waals surface area contributed by atoms with E-state index in [-0.39, 0.29) is 17.5 Å². The Kier molecular flexibility index (Phi) is 4.84. The average molecular weight is 335 g/mol. The van der Waals surface area contributed by atoms with Crippen molar-refractivity contribution in [2.24, 2.45) is 0 Å². The van der Waals surface area contributed by atoms with Gasteiger partial charge in [-0.05, 0) is 29.8 Å². The quantitative estimate of drug-likeness (QED) is 0.744. The highest BCUT2D eigenvalue weighted by Gasteiger charge is 2.12. The van der Waals surface area contributed by atoms with Crippen molar-refractivity contribution in [2.45, 2.75) is 6.42 Å². The van der Waals surface area contributed by atoms with Gasteiger partial charge in [0.25, 0.3) is 5.91 Å². The highest BCUT2D eigenvalue weighted by atomic mass is 16.2. The van der Waals surface area contributed by atoms with Gasteiger partial charge in [0.05, 0.1) is 18.3 Å². The third kappa shape index (κ3) is 4.08. The lowest BCUT2D eigenvalue weighted by Gasteiger charge is -2.05. The summed E-state index contributed by atoms with van der Waals surface area (Å²) in [6.07, 6.45) is 1.72. The molecule has 0 aliphatic heterocycles. The van der Waals surface area contributed by atoms with Gasteiger partial charge >= 0.3 is 0 Å². The largest absolute Gasteiger partial charge is 0.359 e. The molecule has 0 saturated carbocycles. The fraction of sp³-hybridized carbons (Fsp3) is 0.111. The van der Waals surface area contributed by atoms with E-state index >= 15 is 0 Å². The van der Waals surface area contributed by atoms with Crippen molar-refractivity contribution in [3.8, 4) is 5.69 Å². The topological polar surface area (TPSA) is 88.9 Å². The van der Waals surface area contributed by atoms with Gasteiger partial charge in [0.2, 0.25) is 5.91 Å². The summed E-state index contributed by atoms with van der Waals surface area (Å²) < 4.78 is 0. The summed E-state index contributed by atoms with van der Waals surface area (Å²) in [5.74, 6) is -0.407. The van der Waals surface area contributed by atoms with Crippen LogP contribution in [0.1, 0.15) is 16.1 Å². The van der Waals surface area contributed by atoms with Crippen LogP contribution in [0.3, 0.4) is 0 Å². The number of nitrogens with one attached hydrogen (secondary N) is 2. The standard InChI is InChI=1S/C18H17N5O2/c1-19-17(24)11-13-7-9-14(10-8-13)21-18(25)16-12-20-23(22-16)15-5-3-2-4-6-15/h2-10,12H,11H2,1H3,(H,19,24)(H,21,25). The van der Waals surface area contributed by atoms with Crippen LogP contribution < -0.4 is 10.6 Å². The van der Waals surface area contributed by atoms with Crippen LogP contribution >= 0.6 is 0 Å². The minimum atomic E-state index is -0.346. The molecule has 7 nitrogen and oxygen atoms in total. The van der Waals surface area contributed by atoms with Gasteiger partial charge in [0.1, 0.15) is 0 Å². The Morgan fingerprint density at radius 3 is 2.44 bits per heavy atom. The number of anilines is 1. The molecule has 1 heterocycles. The number of carbonyl (C=O) groups is 2. The number of likely N-dealkylation sites (N-methyl/N-ethyl adjacent to an activating group) is 1. The highest BCUT2D eigenvalue weighted by molar-refractivity contribution is 6.02. The summed E-state index contributed by atoms with van der Waals surface area (Å²) in [4.78, 5) is 25.0. The lowest BCUT2D eigenvalue weighted by molar-refractivity contribution is -0.119. The lowest BCUT2D eigenvalue weighted by Crippen LogP contribution is -2.19. The Bertz CT molecular complexity index is 872. The molecule has 0 fully saturated rings. The van der Waals surface area contributed by atoms with E-state index in [4.69, 9.17) is 0 Å². The predicted octanol–water partition coefficient (Wildman–Crippen LogP) is 1.81. The van der Waals surface area contributed by atoms with Crippen LogP contribution in [0.4, 0.5) is 5.69 Å². The maximum Gasteiger partial charge on any atom is 0.277 e. The summed E-state index contributed by atoms with van der Waals surface area (Å²) in [7, 11) is 1.60. The molecule has 0 saturated heterocycles. The molecule has 25 heavy (non-hydrogen) atoms. The zero-order valence-corrected chi connectivity index (χ0v) is 13.6. The second-order valence-corrected chi connectivity index (χ2v) is 5.36. The first kappa shape index (κ1) is 16.4. The third-order valence-electron chi connectivity index (χ3n) is 3.57. The molecule has 0 radical (unpaired) electrons. The maximum atomic E-state index is 12.3. The summed E-state index contributed by atoms with van der Waals surface area (Å²) in [5.41, 5.74) is 2.49. The predicted molar refractivity (Wildman–Crippen MR) is 93.5 cm³/mol. The van der Waals surface area contributed by atoms with E-state index in [0.717, 1.165) is 11.3 Å². The number of nitrogens with zero attached hydrogens (tertiary/aromatic N) is 3. The summed E-state index contributed by atoms with van der Waals surface area (Å²) in [5, 5.41) is 13.6. The fourth-order valence-electron chi connectivity index (χ4n) is 2.23. The molecule has 2 amide bonds. The second kappa shape index (κ2) is 7.39. The smallest absolute Gasteiger partial charge is 0.277 e. The van der Waals surface area contributed by atoms with Crippen molar-refractivity contribution in [1.82, 2.24) is 20.3 Å². The van der Waals surface area contributed by atoms with E-state index in [1.54, 1.807) is 31.3 Å². The lowest BCUT2D eigenvalue weighted by atomic mass is 10.1. The Labute approximate surface area is 144 Å². The van der Waals surface area contributed by atoms with Crippen LogP contribution in [0.2, 0.25) is 0 Å². The number of amides is 2. The van der Waals surface area contributed by atoms with Crippen LogP contribution in [0.25, 0.3) is 5.69 Å².